The van der Waals surface area contributed by atoms with Crippen LogP contribution in [-0.4, -0.2) is 39.2 Å². The predicted molar refractivity (Wildman–Crippen MR) is 93.1 cm³/mol. The number of carbonyl (C=O) groups is 2. The van der Waals surface area contributed by atoms with Gasteiger partial charge in [0, 0.05) is 11.8 Å². The van der Waals surface area contributed by atoms with E-state index in [1.807, 2.05) is 0 Å². The summed E-state index contributed by atoms with van der Waals surface area (Å²) in [6.45, 7) is 0.445. The Morgan fingerprint density at radius 1 is 0.880 bits per heavy atom. The van der Waals surface area contributed by atoms with Crippen LogP contribution in [0.3, 0.4) is 0 Å². The lowest BCUT2D eigenvalue weighted by molar-refractivity contribution is -0.136. The Hall–Kier alpha value is -3.22. The fourth-order valence-electron chi connectivity index (χ4n) is 1.97. The molecule has 0 aliphatic heterocycles. The van der Waals surface area contributed by atoms with Gasteiger partial charge < -0.3 is 24.8 Å². The lowest BCUT2D eigenvalue weighted by Crippen LogP contribution is -2.37. The van der Waals surface area contributed by atoms with Gasteiger partial charge in [-0.3, -0.25) is 9.59 Å². The van der Waals surface area contributed by atoms with E-state index >= 15 is 0 Å². The number of hydrogen-bond donors (Lipinski definition) is 2. The van der Waals surface area contributed by atoms with Gasteiger partial charge in [-0.2, -0.15) is 0 Å². The zero-order valence-electron chi connectivity index (χ0n) is 14.1. The zero-order chi connectivity index (χ0) is 18.1. The minimum atomic E-state index is -0.752. The molecule has 0 unspecified atom stereocenters. The quantitative estimate of drug-likeness (QED) is 0.591. The van der Waals surface area contributed by atoms with Gasteiger partial charge in [0.05, 0.1) is 20.8 Å². The first-order valence-electron chi connectivity index (χ1n) is 7.62. The average Bonchev–Trinajstić information content (AvgIpc) is 2.65. The molecular formula is C18H20N2O5. The van der Waals surface area contributed by atoms with Gasteiger partial charge in [-0.15, -0.1) is 0 Å². The van der Waals surface area contributed by atoms with E-state index in [1.54, 1.807) is 55.6 Å². The summed E-state index contributed by atoms with van der Waals surface area (Å²) >= 11 is 0. The van der Waals surface area contributed by atoms with Crippen molar-refractivity contribution in [2.24, 2.45) is 0 Å². The second-order valence-electron chi connectivity index (χ2n) is 4.97. The van der Waals surface area contributed by atoms with Crippen molar-refractivity contribution in [1.82, 2.24) is 5.32 Å². The third-order valence-corrected chi connectivity index (χ3v) is 3.25. The Labute approximate surface area is 145 Å². The van der Waals surface area contributed by atoms with Crippen molar-refractivity contribution in [1.29, 1.82) is 0 Å². The lowest BCUT2D eigenvalue weighted by atomic mass is 10.3. The molecule has 0 aliphatic carbocycles. The third kappa shape index (κ3) is 5.72. The van der Waals surface area contributed by atoms with Crippen molar-refractivity contribution in [2.45, 2.75) is 0 Å². The summed E-state index contributed by atoms with van der Waals surface area (Å²) < 4.78 is 15.6. The molecule has 132 valence electrons. The SMILES string of the molecule is COc1ccc(OCCNC(=O)C(=O)Nc2cccc(OC)c2)cc1. The van der Waals surface area contributed by atoms with Crippen LogP contribution in [0.5, 0.6) is 17.2 Å². The highest BCUT2D eigenvalue weighted by Gasteiger charge is 2.13. The van der Waals surface area contributed by atoms with E-state index in [1.165, 1.54) is 7.11 Å². The van der Waals surface area contributed by atoms with Crippen LogP contribution < -0.4 is 24.8 Å². The highest BCUT2D eigenvalue weighted by atomic mass is 16.5. The van der Waals surface area contributed by atoms with Crippen LogP contribution >= 0.6 is 0 Å². The molecule has 0 fully saturated rings. The van der Waals surface area contributed by atoms with Gasteiger partial charge in [-0.25, -0.2) is 0 Å². The Balaban J connectivity index is 1.72. The number of methoxy groups -OCH3 is 2. The van der Waals surface area contributed by atoms with Crippen molar-refractivity contribution in [2.75, 3.05) is 32.7 Å². The summed E-state index contributed by atoms with van der Waals surface area (Å²) in [5.41, 5.74) is 0.481. The van der Waals surface area contributed by atoms with Crippen molar-refractivity contribution in [3.63, 3.8) is 0 Å². The summed E-state index contributed by atoms with van der Waals surface area (Å²) in [6, 6.07) is 13.8. The number of carbonyl (C=O) groups excluding carboxylic acids is 2. The smallest absolute Gasteiger partial charge is 0.313 e. The maximum atomic E-state index is 11.8. The standard InChI is InChI=1S/C18H20N2O5/c1-23-14-6-8-15(9-7-14)25-11-10-19-17(21)18(22)20-13-4-3-5-16(12-13)24-2/h3-9,12H,10-11H2,1-2H3,(H,19,21)(H,20,22). The summed E-state index contributed by atoms with van der Waals surface area (Å²) in [5, 5.41) is 4.99. The molecular weight excluding hydrogens is 324 g/mol. The molecule has 0 saturated carbocycles. The normalized spacial score (nSPS) is 9.84. The van der Waals surface area contributed by atoms with E-state index in [-0.39, 0.29) is 13.2 Å². The second-order valence-corrected chi connectivity index (χ2v) is 4.97. The minimum absolute atomic E-state index is 0.205. The number of anilines is 1. The van der Waals surface area contributed by atoms with E-state index in [2.05, 4.69) is 10.6 Å². The predicted octanol–water partition coefficient (Wildman–Crippen LogP) is 1.84. The molecule has 0 radical (unpaired) electrons. The summed E-state index contributed by atoms with van der Waals surface area (Å²) in [5.74, 6) is 0.482. The van der Waals surface area contributed by atoms with Crippen molar-refractivity contribution in [3.05, 3.63) is 48.5 Å². The van der Waals surface area contributed by atoms with E-state index in [0.717, 1.165) is 5.75 Å². The highest BCUT2D eigenvalue weighted by molar-refractivity contribution is 6.39. The largest absolute Gasteiger partial charge is 0.497 e. The molecule has 2 aromatic carbocycles. The van der Waals surface area contributed by atoms with Crippen molar-refractivity contribution < 1.29 is 23.8 Å². The number of ether oxygens (including phenoxy) is 3. The first kappa shape index (κ1) is 18.1. The molecule has 2 aromatic rings. The topological polar surface area (TPSA) is 85.9 Å². The number of benzene rings is 2. The van der Waals surface area contributed by atoms with E-state index in [0.29, 0.717) is 17.2 Å². The Morgan fingerprint density at radius 3 is 2.24 bits per heavy atom. The monoisotopic (exact) mass is 344 g/mol. The maximum Gasteiger partial charge on any atom is 0.313 e. The third-order valence-electron chi connectivity index (χ3n) is 3.25. The first-order valence-corrected chi connectivity index (χ1v) is 7.62. The van der Waals surface area contributed by atoms with Crippen molar-refractivity contribution in [3.8, 4) is 17.2 Å². The molecule has 7 nitrogen and oxygen atoms in total. The van der Waals surface area contributed by atoms with Gasteiger partial charge in [-0.1, -0.05) is 6.07 Å². The number of rotatable bonds is 7. The minimum Gasteiger partial charge on any atom is -0.497 e. The fraction of sp³-hybridized carbons (Fsp3) is 0.222. The van der Waals surface area contributed by atoms with Crippen molar-refractivity contribution >= 4 is 17.5 Å². The van der Waals surface area contributed by atoms with E-state index in [9.17, 15) is 9.59 Å². The molecule has 0 spiro atoms. The molecule has 0 aliphatic rings. The number of hydrogen-bond acceptors (Lipinski definition) is 5. The van der Waals surface area contributed by atoms with E-state index in [4.69, 9.17) is 14.2 Å². The lowest BCUT2D eigenvalue weighted by Gasteiger charge is -2.09. The zero-order valence-corrected chi connectivity index (χ0v) is 14.1. The average molecular weight is 344 g/mol. The molecule has 2 rings (SSSR count). The van der Waals surface area contributed by atoms with Crippen LogP contribution in [0.15, 0.2) is 48.5 Å². The van der Waals surface area contributed by atoms with Gasteiger partial charge in [0.25, 0.3) is 0 Å². The van der Waals surface area contributed by atoms with Gasteiger partial charge in [0.1, 0.15) is 23.9 Å². The fourth-order valence-corrected chi connectivity index (χ4v) is 1.97. The number of amides is 2. The molecule has 0 atom stereocenters. The number of nitrogens with one attached hydrogen (secondary N) is 2. The molecule has 2 amide bonds. The molecule has 0 heterocycles. The maximum absolute atomic E-state index is 11.8. The summed E-state index contributed by atoms with van der Waals surface area (Å²) in [4.78, 5) is 23.6. The molecule has 2 N–H and O–H groups in total. The van der Waals surface area contributed by atoms with Crippen LogP contribution in [0.1, 0.15) is 0 Å². The molecule has 0 saturated heterocycles. The Kier molecular flexibility index (Phi) is 6.65. The van der Waals surface area contributed by atoms with Crippen LogP contribution in [0.25, 0.3) is 0 Å². The molecule has 0 aromatic heterocycles. The van der Waals surface area contributed by atoms with E-state index < -0.39 is 11.8 Å². The molecule has 0 bridgehead atoms. The van der Waals surface area contributed by atoms with Gasteiger partial charge in [-0.05, 0) is 36.4 Å². The van der Waals surface area contributed by atoms with Gasteiger partial charge in [0.2, 0.25) is 0 Å². The summed E-state index contributed by atoms with van der Waals surface area (Å²) in [7, 11) is 3.11. The second kappa shape index (κ2) is 9.17. The molecule has 7 heteroatoms. The Bertz CT molecular complexity index is 716. The Morgan fingerprint density at radius 2 is 1.56 bits per heavy atom. The highest BCUT2D eigenvalue weighted by Crippen LogP contribution is 2.17. The first-order chi connectivity index (χ1) is 12.1. The summed E-state index contributed by atoms with van der Waals surface area (Å²) in [6.07, 6.45) is 0. The van der Waals surface area contributed by atoms with Crippen LogP contribution in [-0.2, 0) is 9.59 Å². The molecule has 25 heavy (non-hydrogen) atoms. The van der Waals surface area contributed by atoms with Gasteiger partial charge >= 0.3 is 11.8 Å². The van der Waals surface area contributed by atoms with Gasteiger partial charge in [0.15, 0.2) is 0 Å². The van der Waals surface area contributed by atoms with Crippen LogP contribution in [0, 0.1) is 0 Å². The van der Waals surface area contributed by atoms with Crippen LogP contribution in [0.4, 0.5) is 5.69 Å². The van der Waals surface area contributed by atoms with Crippen LogP contribution in [0.2, 0.25) is 0 Å².